The highest BCUT2D eigenvalue weighted by atomic mass is 32.2. The average molecular weight is 314 g/mol. The van der Waals surface area contributed by atoms with E-state index in [4.69, 9.17) is 4.74 Å². The topological polar surface area (TPSA) is 86.1 Å². The van der Waals surface area contributed by atoms with Crippen LogP contribution in [0, 0.1) is 5.41 Å². The zero-order valence-electron chi connectivity index (χ0n) is 13.1. The van der Waals surface area contributed by atoms with Crippen molar-refractivity contribution in [2.75, 3.05) is 17.7 Å². The third kappa shape index (κ3) is 5.37. The van der Waals surface area contributed by atoms with Crippen molar-refractivity contribution in [3.8, 4) is 0 Å². The fourth-order valence-electron chi connectivity index (χ4n) is 1.31. The second-order valence-corrected chi connectivity index (χ2v) is 6.31. The molecule has 1 aromatic rings. The van der Waals surface area contributed by atoms with Gasteiger partial charge in [0.2, 0.25) is 11.9 Å². The molecule has 7 nitrogen and oxygen atoms in total. The van der Waals surface area contributed by atoms with E-state index in [9.17, 15) is 9.59 Å². The van der Waals surface area contributed by atoms with E-state index in [1.165, 1.54) is 18.7 Å². The van der Waals surface area contributed by atoms with E-state index in [0.717, 1.165) is 6.42 Å². The lowest BCUT2D eigenvalue weighted by Crippen LogP contribution is -2.26. The van der Waals surface area contributed by atoms with E-state index < -0.39 is 5.41 Å². The minimum Gasteiger partial charge on any atom is -0.464 e. The van der Waals surface area contributed by atoms with Gasteiger partial charge in [0.25, 0.3) is 0 Å². The maximum absolute atomic E-state index is 11.8. The number of ether oxygens (including phenoxy) is 1. The number of esters is 1. The van der Waals surface area contributed by atoms with Crippen LogP contribution in [0.2, 0.25) is 0 Å². The fourth-order valence-corrected chi connectivity index (χ4v) is 2.04. The molecule has 0 aliphatic heterocycles. The number of carbonyl (C=O) groups excluding carboxylic acids is 2. The molecule has 1 N–H and O–H groups in total. The molecule has 1 rings (SSSR count). The summed E-state index contributed by atoms with van der Waals surface area (Å²) in [7, 11) is 1.74. The number of nitrogens with zero attached hydrogens (tertiary/aromatic N) is 3. The van der Waals surface area contributed by atoms with Crippen LogP contribution in [0.5, 0.6) is 0 Å². The van der Waals surface area contributed by atoms with Crippen molar-refractivity contribution in [3.63, 3.8) is 0 Å². The SMILES string of the molecule is CCC(C)(C)C(=O)OCCSc1nc(NC(C)=O)nn1C. The third-order valence-corrected chi connectivity index (χ3v) is 3.98. The Morgan fingerprint density at radius 3 is 2.67 bits per heavy atom. The number of carbonyl (C=O) groups is 2. The van der Waals surface area contributed by atoms with Gasteiger partial charge in [-0.05, 0) is 20.3 Å². The first-order chi connectivity index (χ1) is 9.76. The molecule has 0 atom stereocenters. The number of aromatic nitrogens is 3. The Labute approximate surface area is 128 Å². The van der Waals surface area contributed by atoms with Crippen molar-refractivity contribution < 1.29 is 14.3 Å². The molecule has 0 bridgehead atoms. The van der Waals surface area contributed by atoms with Crippen molar-refractivity contribution >= 4 is 29.6 Å². The molecular weight excluding hydrogens is 292 g/mol. The number of hydrogen-bond donors (Lipinski definition) is 1. The van der Waals surface area contributed by atoms with Crippen LogP contribution in [-0.2, 0) is 21.4 Å². The summed E-state index contributed by atoms with van der Waals surface area (Å²) < 4.78 is 6.82. The van der Waals surface area contributed by atoms with Crippen LogP contribution in [-0.4, -0.2) is 39.0 Å². The van der Waals surface area contributed by atoms with Crippen LogP contribution in [0.4, 0.5) is 5.95 Å². The molecule has 8 heteroatoms. The number of aryl methyl sites for hydroxylation is 1. The zero-order valence-corrected chi connectivity index (χ0v) is 13.9. The maximum Gasteiger partial charge on any atom is 0.311 e. The minimum absolute atomic E-state index is 0.192. The Bertz CT molecular complexity index is 514. The van der Waals surface area contributed by atoms with Gasteiger partial charge in [-0.3, -0.25) is 14.9 Å². The van der Waals surface area contributed by atoms with Crippen molar-refractivity contribution in [1.29, 1.82) is 0 Å². The number of hydrogen-bond acceptors (Lipinski definition) is 6. The summed E-state index contributed by atoms with van der Waals surface area (Å²) >= 11 is 1.42. The van der Waals surface area contributed by atoms with Gasteiger partial charge in [-0.1, -0.05) is 18.7 Å². The summed E-state index contributed by atoms with van der Waals surface area (Å²) in [6.45, 7) is 7.40. The second kappa shape index (κ2) is 7.44. The predicted octanol–water partition coefficient (Wildman–Crippen LogP) is 1.84. The Morgan fingerprint density at radius 1 is 1.43 bits per heavy atom. The van der Waals surface area contributed by atoms with Crippen molar-refractivity contribution in [3.05, 3.63) is 0 Å². The van der Waals surface area contributed by atoms with Gasteiger partial charge >= 0.3 is 5.97 Å². The van der Waals surface area contributed by atoms with Gasteiger partial charge in [0.1, 0.15) is 6.61 Å². The highest BCUT2D eigenvalue weighted by Crippen LogP contribution is 2.22. The molecule has 0 aliphatic carbocycles. The molecule has 0 aliphatic rings. The first-order valence-corrected chi connectivity index (χ1v) is 7.73. The molecule has 0 saturated carbocycles. The van der Waals surface area contributed by atoms with Crippen molar-refractivity contribution in [2.24, 2.45) is 12.5 Å². The highest BCUT2D eigenvalue weighted by molar-refractivity contribution is 7.99. The molecule has 1 heterocycles. The molecule has 0 aromatic carbocycles. The zero-order chi connectivity index (χ0) is 16.0. The second-order valence-electron chi connectivity index (χ2n) is 5.24. The van der Waals surface area contributed by atoms with Crippen LogP contribution in [0.25, 0.3) is 0 Å². The number of thioether (sulfide) groups is 1. The van der Waals surface area contributed by atoms with Crippen LogP contribution in [0.1, 0.15) is 34.1 Å². The van der Waals surface area contributed by atoms with Crippen LogP contribution in [0.15, 0.2) is 5.16 Å². The van der Waals surface area contributed by atoms with E-state index >= 15 is 0 Å². The monoisotopic (exact) mass is 314 g/mol. The van der Waals surface area contributed by atoms with Gasteiger partial charge in [-0.2, -0.15) is 4.98 Å². The first-order valence-electron chi connectivity index (χ1n) is 6.75. The van der Waals surface area contributed by atoms with Crippen LogP contribution in [0.3, 0.4) is 0 Å². The lowest BCUT2D eigenvalue weighted by molar-refractivity contribution is -0.153. The molecular formula is C13H22N4O3S. The van der Waals surface area contributed by atoms with Crippen LogP contribution < -0.4 is 5.32 Å². The minimum atomic E-state index is -0.450. The number of anilines is 1. The lowest BCUT2D eigenvalue weighted by atomic mass is 9.91. The molecule has 1 amide bonds. The molecule has 0 spiro atoms. The summed E-state index contributed by atoms with van der Waals surface area (Å²) in [5, 5.41) is 7.24. The molecule has 118 valence electrons. The summed E-state index contributed by atoms with van der Waals surface area (Å²) in [5.41, 5.74) is -0.450. The third-order valence-electron chi connectivity index (χ3n) is 3.00. The number of nitrogens with one attached hydrogen (secondary N) is 1. The average Bonchev–Trinajstić information content (AvgIpc) is 2.73. The van der Waals surface area contributed by atoms with E-state index in [-0.39, 0.29) is 17.8 Å². The van der Waals surface area contributed by atoms with E-state index in [1.807, 2.05) is 20.8 Å². The Morgan fingerprint density at radius 2 is 2.10 bits per heavy atom. The predicted molar refractivity (Wildman–Crippen MR) is 81.1 cm³/mol. The largest absolute Gasteiger partial charge is 0.464 e. The first kappa shape index (κ1) is 17.5. The standard InChI is InChI=1S/C13H22N4O3S/c1-6-13(3,4)10(19)20-7-8-21-12-15-11(14-9(2)18)16-17(12)5/h6-8H2,1-5H3,(H,14,16,18). The summed E-state index contributed by atoms with van der Waals surface area (Å²) in [5.74, 6) is 0.449. The normalized spacial score (nSPS) is 11.3. The maximum atomic E-state index is 11.8. The highest BCUT2D eigenvalue weighted by Gasteiger charge is 2.26. The van der Waals surface area contributed by atoms with E-state index in [2.05, 4.69) is 15.4 Å². The Balaban J connectivity index is 2.41. The summed E-state index contributed by atoms with van der Waals surface area (Å²) in [6.07, 6.45) is 0.738. The van der Waals surface area contributed by atoms with Gasteiger partial charge in [0.15, 0.2) is 5.16 Å². The molecule has 0 fully saturated rings. The van der Waals surface area contributed by atoms with E-state index in [1.54, 1.807) is 11.7 Å². The smallest absolute Gasteiger partial charge is 0.311 e. The van der Waals surface area contributed by atoms with Crippen molar-refractivity contribution in [2.45, 2.75) is 39.3 Å². The van der Waals surface area contributed by atoms with Crippen LogP contribution >= 0.6 is 11.8 Å². The van der Waals surface area contributed by atoms with Gasteiger partial charge in [0.05, 0.1) is 5.41 Å². The summed E-state index contributed by atoms with van der Waals surface area (Å²) in [6, 6.07) is 0. The number of amides is 1. The molecule has 21 heavy (non-hydrogen) atoms. The fraction of sp³-hybridized carbons (Fsp3) is 0.692. The van der Waals surface area contributed by atoms with Crippen molar-refractivity contribution in [1.82, 2.24) is 14.8 Å². The number of rotatable bonds is 7. The van der Waals surface area contributed by atoms with E-state index in [0.29, 0.717) is 17.5 Å². The molecule has 0 radical (unpaired) electrons. The lowest BCUT2D eigenvalue weighted by Gasteiger charge is -2.20. The quantitative estimate of drug-likeness (QED) is 0.469. The molecule has 0 saturated heterocycles. The Kier molecular flexibility index (Phi) is 6.19. The van der Waals surface area contributed by atoms with Gasteiger partial charge in [-0.25, -0.2) is 4.68 Å². The van der Waals surface area contributed by atoms with Gasteiger partial charge < -0.3 is 4.74 Å². The van der Waals surface area contributed by atoms with Gasteiger partial charge in [0, 0.05) is 19.7 Å². The Hall–Kier alpha value is -1.57. The van der Waals surface area contributed by atoms with Gasteiger partial charge in [-0.15, -0.1) is 5.10 Å². The summed E-state index contributed by atoms with van der Waals surface area (Å²) in [4.78, 5) is 26.9. The molecule has 0 unspecified atom stereocenters. The molecule has 1 aromatic heterocycles.